The lowest BCUT2D eigenvalue weighted by molar-refractivity contribution is 0.0697. The Bertz CT molecular complexity index is 546. The molecule has 0 aliphatic rings. The predicted octanol–water partition coefficient (Wildman–Crippen LogP) is 2.56. The van der Waals surface area contributed by atoms with E-state index in [1.165, 1.54) is 6.07 Å². The summed E-state index contributed by atoms with van der Waals surface area (Å²) in [6.07, 6.45) is 0. The molecule has 0 aliphatic carbocycles. The molecule has 2 rings (SSSR count). The number of carboxylic acid groups (broad SMARTS) is 1. The second kappa shape index (κ2) is 4.37. The SMILES string of the molecule is CC(C)c1noc(-c2ccccc2C(=O)O)n1. The lowest BCUT2D eigenvalue weighted by atomic mass is 10.1. The summed E-state index contributed by atoms with van der Waals surface area (Å²) in [7, 11) is 0. The molecule has 0 saturated heterocycles. The molecule has 5 nitrogen and oxygen atoms in total. The third kappa shape index (κ3) is 2.18. The molecule has 0 atom stereocenters. The van der Waals surface area contributed by atoms with E-state index in [0.717, 1.165) is 0 Å². The van der Waals surface area contributed by atoms with Gasteiger partial charge >= 0.3 is 5.97 Å². The van der Waals surface area contributed by atoms with Gasteiger partial charge in [0.1, 0.15) is 0 Å². The van der Waals surface area contributed by atoms with Crippen molar-refractivity contribution in [2.75, 3.05) is 0 Å². The highest BCUT2D eigenvalue weighted by atomic mass is 16.5. The standard InChI is InChI=1S/C12H12N2O3/c1-7(2)10-13-11(17-14-10)8-5-3-4-6-9(8)12(15)16/h3-7H,1-2H3,(H,15,16). The molecule has 1 aromatic heterocycles. The summed E-state index contributed by atoms with van der Waals surface area (Å²) in [5.41, 5.74) is 0.603. The Morgan fingerprint density at radius 1 is 1.35 bits per heavy atom. The minimum absolute atomic E-state index is 0.143. The van der Waals surface area contributed by atoms with Crippen molar-refractivity contribution in [2.45, 2.75) is 19.8 Å². The van der Waals surface area contributed by atoms with E-state index in [9.17, 15) is 4.79 Å². The minimum atomic E-state index is -1.01. The molecule has 0 unspecified atom stereocenters. The van der Waals surface area contributed by atoms with Crippen LogP contribution in [0.15, 0.2) is 28.8 Å². The summed E-state index contributed by atoms with van der Waals surface area (Å²) in [5.74, 6) is -0.0544. The summed E-state index contributed by atoms with van der Waals surface area (Å²) in [4.78, 5) is 15.2. The highest BCUT2D eigenvalue weighted by molar-refractivity contribution is 5.94. The van der Waals surface area contributed by atoms with Crippen molar-refractivity contribution in [1.29, 1.82) is 0 Å². The van der Waals surface area contributed by atoms with E-state index < -0.39 is 5.97 Å². The Kier molecular flexibility index (Phi) is 2.91. The summed E-state index contributed by atoms with van der Waals surface area (Å²) < 4.78 is 5.08. The molecule has 2 aromatic rings. The van der Waals surface area contributed by atoms with E-state index in [-0.39, 0.29) is 17.4 Å². The number of aromatic carboxylic acids is 1. The first kappa shape index (κ1) is 11.3. The number of carbonyl (C=O) groups is 1. The fraction of sp³-hybridized carbons (Fsp3) is 0.250. The van der Waals surface area contributed by atoms with Crippen LogP contribution < -0.4 is 0 Å². The first-order chi connectivity index (χ1) is 8.09. The lowest BCUT2D eigenvalue weighted by Crippen LogP contribution is -1.99. The van der Waals surface area contributed by atoms with Crippen LogP contribution in [0.2, 0.25) is 0 Å². The molecule has 0 bridgehead atoms. The topological polar surface area (TPSA) is 76.2 Å². The van der Waals surface area contributed by atoms with E-state index in [4.69, 9.17) is 9.63 Å². The molecule has 0 saturated carbocycles. The van der Waals surface area contributed by atoms with E-state index in [1.807, 2.05) is 13.8 Å². The van der Waals surface area contributed by atoms with Crippen molar-refractivity contribution in [2.24, 2.45) is 0 Å². The van der Waals surface area contributed by atoms with Crippen LogP contribution in [0.25, 0.3) is 11.5 Å². The maximum Gasteiger partial charge on any atom is 0.336 e. The van der Waals surface area contributed by atoms with Gasteiger partial charge in [0, 0.05) is 5.92 Å². The summed E-state index contributed by atoms with van der Waals surface area (Å²) in [6, 6.07) is 6.56. The lowest BCUT2D eigenvalue weighted by Gasteiger charge is -1.99. The van der Waals surface area contributed by atoms with Crippen molar-refractivity contribution in [3.63, 3.8) is 0 Å². The van der Waals surface area contributed by atoms with Gasteiger partial charge in [-0.05, 0) is 12.1 Å². The average molecular weight is 232 g/mol. The Hall–Kier alpha value is -2.17. The predicted molar refractivity (Wildman–Crippen MR) is 60.8 cm³/mol. The number of benzene rings is 1. The Labute approximate surface area is 98.1 Å². The zero-order valence-corrected chi connectivity index (χ0v) is 9.54. The van der Waals surface area contributed by atoms with Gasteiger partial charge in [0.15, 0.2) is 5.82 Å². The van der Waals surface area contributed by atoms with Gasteiger partial charge < -0.3 is 9.63 Å². The largest absolute Gasteiger partial charge is 0.478 e. The minimum Gasteiger partial charge on any atom is -0.478 e. The fourth-order valence-corrected chi connectivity index (χ4v) is 1.43. The number of rotatable bonds is 3. The third-order valence-electron chi connectivity index (χ3n) is 2.35. The van der Waals surface area contributed by atoms with Crippen LogP contribution in [0.4, 0.5) is 0 Å². The van der Waals surface area contributed by atoms with Crippen LogP contribution in [0.5, 0.6) is 0 Å². The molecule has 0 spiro atoms. The molecule has 0 aliphatic heterocycles. The van der Waals surface area contributed by atoms with Crippen molar-refractivity contribution in [1.82, 2.24) is 10.1 Å². The number of aromatic nitrogens is 2. The number of hydrogen-bond acceptors (Lipinski definition) is 4. The fourth-order valence-electron chi connectivity index (χ4n) is 1.43. The Morgan fingerprint density at radius 3 is 2.65 bits per heavy atom. The van der Waals surface area contributed by atoms with E-state index >= 15 is 0 Å². The van der Waals surface area contributed by atoms with Crippen LogP contribution in [0, 0.1) is 0 Å². The quantitative estimate of drug-likeness (QED) is 0.880. The van der Waals surface area contributed by atoms with Gasteiger partial charge in [-0.3, -0.25) is 0 Å². The average Bonchev–Trinajstić information content (AvgIpc) is 2.78. The molecular weight excluding hydrogens is 220 g/mol. The molecule has 0 amide bonds. The van der Waals surface area contributed by atoms with Gasteiger partial charge in [-0.25, -0.2) is 4.79 Å². The van der Waals surface area contributed by atoms with Crippen LogP contribution >= 0.6 is 0 Å². The zero-order valence-electron chi connectivity index (χ0n) is 9.54. The Morgan fingerprint density at radius 2 is 2.06 bits per heavy atom. The number of nitrogens with zero attached hydrogens (tertiary/aromatic N) is 2. The van der Waals surface area contributed by atoms with Crippen molar-refractivity contribution in [3.8, 4) is 11.5 Å². The van der Waals surface area contributed by atoms with Crippen LogP contribution in [0.1, 0.15) is 35.9 Å². The smallest absolute Gasteiger partial charge is 0.336 e. The van der Waals surface area contributed by atoms with Gasteiger partial charge in [0.2, 0.25) is 0 Å². The first-order valence-electron chi connectivity index (χ1n) is 5.26. The first-order valence-corrected chi connectivity index (χ1v) is 5.26. The summed E-state index contributed by atoms with van der Waals surface area (Å²) >= 11 is 0. The van der Waals surface area contributed by atoms with Gasteiger partial charge in [0.25, 0.3) is 5.89 Å². The Balaban J connectivity index is 2.49. The van der Waals surface area contributed by atoms with Gasteiger partial charge in [-0.2, -0.15) is 4.98 Å². The molecule has 0 radical (unpaired) electrons. The molecule has 1 N–H and O–H groups in total. The van der Waals surface area contributed by atoms with Crippen molar-refractivity contribution in [3.05, 3.63) is 35.7 Å². The van der Waals surface area contributed by atoms with Gasteiger partial charge in [-0.15, -0.1) is 0 Å². The maximum atomic E-state index is 11.0. The monoisotopic (exact) mass is 232 g/mol. The molecule has 1 aromatic carbocycles. The molecule has 5 heteroatoms. The summed E-state index contributed by atoms with van der Waals surface area (Å²) in [6.45, 7) is 3.88. The maximum absolute atomic E-state index is 11.0. The van der Waals surface area contributed by atoms with Gasteiger partial charge in [-0.1, -0.05) is 31.1 Å². The van der Waals surface area contributed by atoms with Crippen molar-refractivity contribution >= 4 is 5.97 Å². The van der Waals surface area contributed by atoms with Crippen LogP contribution in [0.3, 0.4) is 0 Å². The highest BCUT2D eigenvalue weighted by Crippen LogP contribution is 2.23. The van der Waals surface area contributed by atoms with E-state index in [0.29, 0.717) is 11.4 Å². The normalized spacial score (nSPS) is 10.8. The second-order valence-corrected chi connectivity index (χ2v) is 3.96. The van der Waals surface area contributed by atoms with E-state index in [2.05, 4.69) is 10.1 Å². The molecule has 1 heterocycles. The van der Waals surface area contributed by atoms with Crippen molar-refractivity contribution < 1.29 is 14.4 Å². The molecular formula is C12H12N2O3. The molecule has 17 heavy (non-hydrogen) atoms. The summed E-state index contributed by atoms with van der Waals surface area (Å²) in [5, 5.41) is 12.9. The molecule has 0 fully saturated rings. The number of carboxylic acids is 1. The zero-order chi connectivity index (χ0) is 12.4. The highest BCUT2D eigenvalue weighted by Gasteiger charge is 2.17. The third-order valence-corrected chi connectivity index (χ3v) is 2.35. The van der Waals surface area contributed by atoms with E-state index in [1.54, 1.807) is 18.2 Å². The van der Waals surface area contributed by atoms with Crippen LogP contribution in [-0.2, 0) is 0 Å². The second-order valence-electron chi connectivity index (χ2n) is 3.96. The molecule has 88 valence electrons. The van der Waals surface area contributed by atoms with Crippen LogP contribution in [-0.4, -0.2) is 21.2 Å². The number of hydrogen-bond donors (Lipinski definition) is 1. The van der Waals surface area contributed by atoms with Gasteiger partial charge in [0.05, 0.1) is 11.1 Å².